The molecule has 1 heterocycles. The summed E-state index contributed by atoms with van der Waals surface area (Å²) in [5, 5.41) is 6.79. The highest BCUT2D eigenvalue weighted by Gasteiger charge is 2.04. The molecule has 1 N–H and O–H groups in total. The molecule has 126 valence electrons. The van der Waals surface area contributed by atoms with Gasteiger partial charge in [0.15, 0.2) is 5.96 Å². The highest BCUT2D eigenvalue weighted by molar-refractivity contribution is 14.0. The van der Waals surface area contributed by atoms with Gasteiger partial charge in [-0.05, 0) is 39.0 Å². The number of thiazole rings is 1. The molecule has 0 radical (unpaired) electrons. The number of guanidine groups is 1. The van der Waals surface area contributed by atoms with Gasteiger partial charge in [0.05, 0.1) is 5.01 Å². The standard InChI is InChI=1S/C16H28N4S.HI/c1-5-6-9-12-20(4)16(17-3)18-11-8-7-10-15-19-14(2)13-21-15;/h5,13H,1,6-12H2,2-4H3,(H,17,18);1H. The van der Waals surface area contributed by atoms with Crippen LogP contribution in [0.2, 0.25) is 0 Å². The second-order valence-electron chi connectivity index (χ2n) is 5.17. The third-order valence-electron chi connectivity index (χ3n) is 3.24. The number of hydrogen-bond donors (Lipinski definition) is 1. The van der Waals surface area contributed by atoms with Crippen molar-refractivity contribution in [2.75, 3.05) is 27.2 Å². The van der Waals surface area contributed by atoms with Crippen molar-refractivity contribution >= 4 is 41.3 Å². The zero-order valence-electron chi connectivity index (χ0n) is 14.0. The van der Waals surface area contributed by atoms with Crippen LogP contribution < -0.4 is 5.32 Å². The minimum Gasteiger partial charge on any atom is -0.356 e. The lowest BCUT2D eigenvalue weighted by molar-refractivity contribution is 0.468. The van der Waals surface area contributed by atoms with Crippen molar-refractivity contribution in [3.8, 4) is 0 Å². The molecule has 0 bridgehead atoms. The Kier molecular flexibility index (Phi) is 12.5. The zero-order chi connectivity index (χ0) is 15.5. The normalized spacial score (nSPS) is 11.0. The van der Waals surface area contributed by atoms with Crippen LogP contribution in [0.1, 0.15) is 36.4 Å². The van der Waals surface area contributed by atoms with Gasteiger partial charge in [-0.3, -0.25) is 4.99 Å². The number of aryl methyl sites for hydroxylation is 2. The van der Waals surface area contributed by atoms with Crippen molar-refractivity contribution < 1.29 is 0 Å². The number of aromatic nitrogens is 1. The minimum absolute atomic E-state index is 0. The van der Waals surface area contributed by atoms with E-state index in [0.717, 1.165) is 56.8 Å². The van der Waals surface area contributed by atoms with Crippen molar-refractivity contribution in [1.82, 2.24) is 15.2 Å². The van der Waals surface area contributed by atoms with Crippen LogP contribution in [-0.2, 0) is 6.42 Å². The number of nitrogens with zero attached hydrogens (tertiary/aromatic N) is 3. The average Bonchev–Trinajstić information content (AvgIpc) is 2.88. The molecule has 0 amide bonds. The lowest BCUT2D eigenvalue weighted by atomic mass is 10.2. The van der Waals surface area contributed by atoms with Crippen LogP contribution >= 0.6 is 35.3 Å². The molecule has 4 nitrogen and oxygen atoms in total. The molecular formula is C16H29IN4S. The van der Waals surface area contributed by atoms with Crippen molar-refractivity contribution in [1.29, 1.82) is 0 Å². The predicted octanol–water partition coefficient (Wildman–Crippen LogP) is 3.87. The summed E-state index contributed by atoms with van der Waals surface area (Å²) in [5.74, 6) is 0.976. The van der Waals surface area contributed by atoms with E-state index >= 15 is 0 Å². The van der Waals surface area contributed by atoms with E-state index in [1.165, 1.54) is 5.01 Å². The van der Waals surface area contributed by atoms with Gasteiger partial charge in [0.25, 0.3) is 0 Å². The Balaban J connectivity index is 0.00000441. The first-order valence-corrected chi connectivity index (χ1v) is 8.49. The van der Waals surface area contributed by atoms with E-state index < -0.39 is 0 Å². The molecule has 6 heteroatoms. The van der Waals surface area contributed by atoms with E-state index in [-0.39, 0.29) is 24.0 Å². The number of aliphatic imine (C=N–C) groups is 1. The summed E-state index contributed by atoms with van der Waals surface area (Å²) in [6, 6.07) is 0. The average molecular weight is 436 g/mol. The Morgan fingerprint density at radius 2 is 2.23 bits per heavy atom. The van der Waals surface area contributed by atoms with Crippen LogP contribution in [0.25, 0.3) is 0 Å². The van der Waals surface area contributed by atoms with Crippen molar-refractivity contribution in [2.24, 2.45) is 4.99 Å². The van der Waals surface area contributed by atoms with Gasteiger partial charge in [0.2, 0.25) is 0 Å². The monoisotopic (exact) mass is 436 g/mol. The van der Waals surface area contributed by atoms with Gasteiger partial charge in [-0.1, -0.05) is 6.08 Å². The molecule has 0 spiro atoms. The molecule has 0 saturated carbocycles. The maximum atomic E-state index is 4.49. The minimum atomic E-state index is 0. The fourth-order valence-corrected chi connectivity index (χ4v) is 2.90. The maximum absolute atomic E-state index is 4.49. The number of allylic oxidation sites excluding steroid dienone is 1. The molecular weight excluding hydrogens is 407 g/mol. The fourth-order valence-electron chi connectivity index (χ4n) is 2.08. The van der Waals surface area contributed by atoms with Gasteiger partial charge < -0.3 is 10.2 Å². The molecule has 1 aromatic rings. The summed E-state index contributed by atoms with van der Waals surface area (Å²) < 4.78 is 0. The van der Waals surface area contributed by atoms with E-state index in [2.05, 4.69) is 39.2 Å². The third-order valence-corrected chi connectivity index (χ3v) is 4.27. The summed E-state index contributed by atoms with van der Waals surface area (Å²) in [6.45, 7) is 7.76. The molecule has 22 heavy (non-hydrogen) atoms. The Hall–Kier alpha value is -0.630. The fraction of sp³-hybridized carbons (Fsp3) is 0.625. The van der Waals surface area contributed by atoms with E-state index in [9.17, 15) is 0 Å². The first-order valence-electron chi connectivity index (χ1n) is 7.61. The Bertz CT molecular complexity index is 445. The quantitative estimate of drug-likeness (QED) is 0.210. The SMILES string of the molecule is C=CCCCN(C)C(=NC)NCCCCc1nc(C)cs1.I. The number of rotatable bonds is 9. The van der Waals surface area contributed by atoms with Crippen LogP contribution in [0.15, 0.2) is 23.0 Å². The second-order valence-corrected chi connectivity index (χ2v) is 6.11. The number of halogens is 1. The first-order chi connectivity index (χ1) is 10.2. The van der Waals surface area contributed by atoms with Crippen molar-refractivity contribution in [3.05, 3.63) is 28.7 Å². The van der Waals surface area contributed by atoms with Crippen LogP contribution in [0, 0.1) is 6.92 Å². The molecule has 0 saturated heterocycles. The summed E-state index contributed by atoms with van der Waals surface area (Å²) in [5.41, 5.74) is 1.13. The van der Waals surface area contributed by atoms with E-state index in [1.807, 2.05) is 20.0 Å². The van der Waals surface area contributed by atoms with Crippen LogP contribution in [0.4, 0.5) is 0 Å². The van der Waals surface area contributed by atoms with Crippen LogP contribution in [0.5, 0.6) is 0 Å². The Morgan fingerprint density at radius 1 is 1.45 bits per heavy atom. The largest absolute Gasteiger partial charge is 0.356 e. The second kappa shape index (κ2) is 12.9. The van der Waals surface area contributed by atoms with Crippen molar-refractivity contribution in [3.63, 3.8) is 0 Å². The third kappa shape index (κ3) is 8.73. The predicted molar refractivity (Wildman–Crippen MR) is 109 cm³/mol. The van der Waals surface area contributed by atoms with Gasteiger partial charge in [-0.25, -0.2) is 4.98 Å². The molecule has 0 aliphatic carbocycles. The van der Waals surface area contributed by atoms with E-state index in [0.29, 0.717) is 0 Å². The molecule has 1 aromatic heterocycles. The van der Waals surface area contributed by atoms with E-state index in [4.69, 9.17) is 0 Å². The topological polar surface area (TPSA) is 40.5 Å². The van der Waals surface area contributed by atoms with Gasteiger partial charge >= 0.3 is 0 Å². The molecule has 0 fully saturated rings. The molecule has 0 aromatic carbocycles. The summed E-state index contributed by atoms with van der Waals surface area (Å²) >= 11 is 1.76. The summed E-state index contributed by atoms with van der Waals surface area (Å²) in [6.07, 6.45) is 7.51. The molecule has 0 unspecified atom stereocenters. The van der Waals surface area contributed by atoms with Crippen molar-refractivity contribution in [2.45, 2.75) is 39.0 Å². The van der Waals surface area contributed by atoms with E-state index in [1.54, 1.807) is 11.3 Å². The molecule has 0 atom stereocenters. The lowest BCUT2D eigenvalue weighted by Crippen LogP contribution is -2.39. The molecule has 1 rings (SSSR count). The van der Waals surface area contributed by atoms with Crippen LogP contribution in [-0.4, -0.2) is 43.0 Å². The van der Waals surface area contributed by atoms with Gasteiger partial charge in [0.1, 0.15) is 0 Å². The Morgan fingerprint density at radius 3 is 2.82 bits per heavy atom. The number of nitrogens with one attached hydrogen (secondary N) is 1. The highest BCUT2D eigenvalue weighted by Crippen LogP contribution is 2.11. The van der Waals surface area contributed by atoms with Gasteiger partial charge in [-0.2, -0.15) is 0 Å². The van der Waals surface area contributed by atoms with Gasteiger partial charge in [-0.15, -0.1) is 41.9 Å². The highest BCUT2D eigenvalue weighted by atomic mass is 127. The number of unbranched alkanes of at least 4 members (excludes halogenated alkanes) is 2. The molecule has 0 aliphatic rings. The van der Waals surface area contributed by atoms with Crippen LogP contribution in [0.3, 0.4) is 0 Å². The number of hydrogen-bond acceptors (Lipinski definition) is 3. The zero-order valence-corrected chi connectivity index (χ0v) is 17.1. The first kappa shape index (κ1) is 21.4. The Labute approximate surface area is 156 Å². The molecule has 0 aliphatic heterocycles. The summed E-state index contributed by atoms with van der Waals surface area (Å²) in [7, 11) is 3.92. The van der Waals surface area contributed by atoms with Gasteiger partial charge in [0, 0.05) is 38.3 Å². The lowest BCUT2D eigenvalue weighted by Gasteiger charge is -2.21. The maximum Gasteiger partial charge on any atom is 0.193 e. The summed E-state index contributed by atoms with van der Waals surface area (Å²) in [4.78, 5) is 11.0. The smallest absolute Gasteiger partial charge is 0.193 e.